The molecule has 1 heterocycles. The molecule has 0 saturated carbocycles. The quantitative estimate of drug-likeness (QED) is 0.367. The van der Waals surface area contributed by atoms with Gasteiger partial charge in [0.2, 0.25) is 5.91 Å². The van der Waals surface area contributed by atoms with E-state index in [1.807, 2.05) is 0 Å². The number of hydrogen-bond donors (Lipinski definition) is 2. The average molecular weight is 127 g/mol. The van der Waals surface area contributed by atoms with Gasteiger partial charge in [-0.25, -0.2) is 4.79 Å². The smallest absolute Gasteiger partial charge is 0.330 e. The van der Waals surface area contributed by atoms with Gasteiger partial charge in [-0.3, -0.25) is 4.79 Å². The lowest BCUT2D eigenvalue weighted by Gasteiger charge is -2.16. The highest BCUT2D eigenvalue weighted by molar-refractivity contribution is 5.92. The van der Waals surface area contributed by atoms with E-state index in [0.717, 1.165) is 6.08 Å². The minimum Gasteiger partial charge on any atom is -0.478 e. The first-order chi connectivity index (χ1) is 4.18. The van der Waals surface area contributed by atoms with E-state index in [0.29, 0.717) is 5.70 Å². The first-order valence-electron chi connectivity index (χ1n) is 2.42. The Kier molecular flexibility index (Phi) is 1.22. The molecule has 1 saturated heterocycles. The third kappa shape index (κ3) is 1.28. The lowest BCUT2D eigenvalue weighted by molar-refractivity contribution is -0.131. The number of hydrogen-bond acceptors (Lipinski definition) is 2. The monoisotopic (exact) mass is 127 g/mol. The summed E-state index contributed by atoms with van der Waals surface area (Å²) < 4.78 is 0. The molecule has 0 aromatic heterocycles. The van der Waals surface area contributed by atoms with Crippen molar-refractivity contribution in [1.82, 2.24) is 5.32 Å². The maximum Gasteiger partial charge on any atom is 0.330 e. The summed E-state index contributed by atoms with van der Waals surface area (Å²) in [6, 6.07) is 0. The normalized spacial score (nSPS) is 20.9. The number of β-lactam (4-membered cyclic amide) rings is 1. The number of carboxylic acids is 1. The van der Waals surface area contributed by atoms with E-state index >= 15 is 0 Å². The first kappa shape index (κ1) is 5.81. The Bertz CT molecular complexity index is 184. The van der Waals surface area contributed by atoms with Crippen molar-refractivity contribution in [3.8, 4) is 0 Å². The molecule has 0 aromatic carbocycles. The number of carbonyl (C=O) groups excluding carboxylic acids is 1. The van der Waals surface area contributed by atoms with Crippen LogP contribution >= 0.6 is 0 Å². The number of carboxylic acid groups (broad SMARTS) is 1. The fraction of sp³-hybridized carbons (Fsp3) is 0.200. The largest absolute Gasteiger partial charge is 0.478 e. The molecule has 4 nitrogen and oxygen atoms in total. The number of amides is 1. The zero-order chi connectivity index (χ0) is 6.85. The van der Waals surface area contributed by atoms with Crippen LogP contribution in [0.25, 0.3) is 0 Å². The Morgan fingerprint density at radius 2 is 2.33 bits per heavy atom. The van der Waals surface area contributed by atoms with Crippen LogP contribution in [0, 0.1) is 0 Å². The number of carbonyl (C=O) groups is 2. The van der Waals surface area contributed by atoms with Crippen LogP contribution in [-0.4, -0.2) is 17.0 Å². The third-order valence-corrected chi connectivity index (χ3v) is 0.949. The van der Waals surface area contributed by atoms with Crippen molar-refractivity contribution >= 4 is 11.9 Å². The lowest BCUT2D eigenvalue weighted by Crippen LogP contribution is -2.35. The van der Waals surface area contributed by atoms with Crippen LogP contribution in [-0.2, 0) is 9.59 Å². The van der Waals surface area contributed by atoms with Gasteiger partial charge < -0.3 is 10.4 Å². The average Bonchev–Trinajstić information content (AvgIpc) is 1.60. The van der Waals surface area contributed by atoms with Gasteiger partial charge in [0.15, 0.2) is 0 Å². The van der Waals surface area contributed by atoms with E-state index in [4.69, 9.17) is 5.11 Å². The highest BCUT2D eigenvalue weighted by atomic mass is 16.4. The molecule has 0 spiro atoms. The van der Waals surface area contributed by atoms with Gasteiger partial charge in [0, 0.05) is 11.8 Å². The van der Waals surface area contributed by atoms with Crippen LogP contribution in [0.5, 0.6) is 0 Å². The Morgan fingerprint density at radius 3 is 2.67 bits per heavy atom. The molecule has 1 rings (SSSR count). The van der Waals surface area contributed by atoms with Crippen molar-refractivity contribution in [2.24, 2.45) is 0 Å². The van der Waals surface area contributed by atoms with Crippen LogP contribution in [0.15, 0.2) is 11.8 Å². The Morgan fingerprint density at radius 1 is 1.78 bits per heavy atom. The van der Waals surface area contributed by atoms with E-state index in [1.54, 1.807) is 0 Å². The van der Waals surface area contributed by atoms with E-state index in [9.17, 15) is 9.59 Å². The van der Waals surface area contributed by atoms with E-state index in [1.165, 1.54) is 0 Å². The summed E-state index contributed by atoms with van der Waals surface area (Å²) in [5.74, 6) is -1.15. The Balaban J connectivity index is 2.48. The molecule has 0 atom stereocenters. The molecule has 0 bridgehead atoms. The summed E-state index contributed by atoms with van der Waals surface area (Å²) >= 11 is 0. The summed E-state index contributed by atoms with van der Waals surface area (Å²) in [6.07, 6.45) is 1.22. The molecule has 1 aliphatic rings. The molecule has 1 aliphatic heterocycles. The van der Waals surface area contributed by atoms with E-state index in [-0.39, 0.29) is 12.3 Å². The van der Waals surface area contributed by atoms with Gasteiger partial charge in [-0.1, -0.05) is 0 Å². The van der Waals surface area contributed by atoms with E-state index < -0.39 is 5.97 Å². The predicted molar refractivity (Wildman–Crippen MR) is 28.5 cm³/mol. The summed E-state index contributed by atoms with van der Waals surface area (Å²) in [5, 5.41) is 10.4. The van der Waals surface area contributed by atoms with Crippen LogP contribution < -0.4 is 5.32 Å². The lowest BCUT2D eigenvalue weighted by atomic mass is 10.2. The molecule has 0 unspecified atom stereocenters. The van der Waals surface area contributed by atoms with Crippen LogP contribution in [0.3, 0.4) is 0 Å². The van der Waals surface area contributed by atoms with Gasteiger partial charge in [0.1, 0.15) is 0 Å². The molecule has 2 N–H and O–H groups in total. The Labute approximate surface area is 51.2 Å². The van der Waals surface area contributed by atoms with Crippen molar-refractivity contribution in [2.45, 2.75) is 6.42 Å². The molecule has 4 heteroatoms. The Hall–Kier alpha value is -1.32. The second-order valence-electron chi connectivity index (χ2n) is 1.73. The van der Waals surface area contributed by atoms with Crippen LogP contribution in [0.4, 0.5) is 0 Å². The van der Waals surface area contributed by atoms with Gasteiger partial charge in [-0.05, 0) is 0 Å². The summed E-state index contributed by atoms with van der Waals surface area (Å²) in [4.78, 5) is 20.0. The second kappa shape index (κ2) is 1.89. The topological polar surface area (TPSA) is 66.4 Å². The zero-order valence-corrected chi connectivity index (χ0v) is 4.55. The zero-order valence-electron chi connectivity index (χ0n) is 4.55. The maximum absolute atomic E-state index is 10.1. The fourth-order valence-electron chi connectivity index (χ4n) is 0.570. The van der Waals surface area contributed by atoms with Crippen molar-refractivity contribution in [3.05, 3.63) is 11.8 Å². The minimum atomic E-state index is -1.02. The highest BCUT2D eigenvalue weighted by Gasteiger charge is 2.18. The van der Waals surface area contributed by atoms with Crippen molar-refractivity contribution in [2.75, 3.05) is 0 Å². The number of rotatable bonds is 1. The predicted octanol–water partition coefficient (Wildman–Crippen LogP) is -0.525. The first-order valence-corrected chi connectivity index (χ1v) is 2.42. The van der Waals surface area contributed by atoms with E-state index in [2.05, 4.69) is 5.32 Å². The standard InChI is InChI=1S/C5H5NO3/c7-4-1-3(6-4)2-5(8)9/h2H,1H2,(H,6,7)(H,8,9)/b3-2-. The molecule has 1 amide bonds. The van der Waals surface area contributed by atoms with Crippen molar-refractivity contribution in [1.29, 1.82) is 0 Å². The number of nitrogens with one attached hydrogen (secondary N) is 1. The van der Waals surface area contributed by atoms with Gasteiger partial charge >= 0.3 is 5.97 Å². The molecule has 1 fully saturated rings. The second-order valence-corrected chi connectivity index (χ2v) is 1.73. The molecule has 0 aromatic rings. The van der Waals surface area contributed by atoms with Gasteiger partial charge in [-0.15, -0.1) is 0 Å². The SMILES string of the molecule is O=C(O)/C=C1/CC(=O)N1. The van der Waals surface area contributed by atoms with Crippen LogP contribution in [0.1, 0.15) is 6.42 Å². The molecular formula is C5H5NO3. The number of aliphatic carboxylic acids is 1. The van der Waals surface area contributed by atoms with Gasteiger partial charge in [-0.2, -0.15) is 0 Å². The van der Waals surface area contributed by atoms with Crippen LogP contribution in [0.2, 0.25) is 0 Å². The molecular weight excluding hydrogens is 122 g/mol. The van der Waals surface area contributed by atoms with Gasteiger partial charge in [0.25, 0.3) is 0 Å². The van der Waals surface area contributed by atoms with Crippen molar-refractivity contribution < 1.29 is 14.7 Å². The minimum absolute atomic E-state index is 0.123. The summed E-state index contributed by atoms with van der Waals surface area (Å²) in [6.45, 7) is 0. The molecule has 9 heavy (non-hydrogen) atoms. The third-order valence-electron chi connectivity index (χ3n) is 0.949. The summed E-state index contributed by atoms with van der Waals surface area (Å²) in [5.41, 5.74) is 0.479. The summed E-state index contributed by atoms with van der Waals surface area (Å²) in [7, 11) is 0. The molecule has 0 aliphatic carbocycles. The highest BCUT2D eigenvalue weighted by Crippen LogP contribution is 2.06. The fourth-order valence-corrected chi connectivity index (χ4v) is 0.570. The van der Waals surface area contributed by atoms with Gasteiger partial charge in [0.05, 0.1) is 6.42 Å². The van der Waals surface area contributed by atoms with Crippen molar-refractivity contribution in [3.63, 3.8) is 0 Å². The molecule has 0 radical (unpaired) electrons. The molecule has 48 valence electrons. The maximum atomic E-state index is 10.1.